The zero-order chi connectivity index (χ0) is 13.1. The van der Waals surface area contributed by atoms with Gasteiger partial charge >= 0.3 is 0 Å². The van der Waals surface area contributed by atoms with Gasteiger partial charge in [0.1, 0.15) is 11.8 Å². The molecule has 2 aromatic rings. The summed E-state index contributed by atoms with van der Waals surface area (Å²) in [5, 5.41) is 3.47. The van der Waals surface area contributed by atoms with Crippen LogP contribution in [0.1, 0.15) is 13.8 Å². The van der Waals surface area contributed by atoms with Crippen molar-refractivity contribution in [2.75, 3.05) is 26.0 Å². The van der Waals surface area contributed by atoms with Crippen LogP contribution in [0.3, 0.4) is 0 Å². The summed E-state index contributed by atoms with van der Waals surface area (Å²) < 4.78 is 0. The van der Waals surface area contributed by atoms with Crippen LogP contribution < -0.4 is 5.32 Å². The van der Waals surface area contributed by atoms with E-state index in [1.54, 1.807) is 12.7 Å². The summed E-state index contributed by atoms with van der Waals surface area (Å²) in [7, 11) is 4.14. The molecule has 0 amide bonds. The molecule has 2 rings (SSSR count). The molecule has 0 saturated carbocycles. The first kappa shape index (κ1) is 12.8. The lowest BCUT2D eigenvalue weighted by Crippen LogP contribution is -2.36. The second-order valence-corrected chi connectivity index (χ2v) is 5.08. The minimum Gasteiger partial charge on any atom is -0.364 e. The molecule has 1 atom stereocenters. The third-order valence-corrected chi connectivity index (χ3v) is 2.91. The van der Waals surface area contributed by atoms with E-state index in [2.05, 4.69) is 58.1 Å². The van der Waals surface area contributed by atoms with E-state index in [0.29, 0.717) is 17.6 Å². The average Bonchev–Trinajstić information content (AvgIpc) is 2.76. The molecule has 2 aromatic heterocycles. The minimum atomic E-state index is 0.335. The van der Waals surface area contributed by atoms with Crippen molar-refractivity contribution in [2.45, 2.75) is 19.9 Å². The molecule has 1 unspecified atom stereocenters. The zero-order valence-electron chi connectivity index (χ0n) is 11.3. The second-order valence-electron chi connectivity index (χ2n) is 5.08. The van der Waals surface area contributed by atoms with Gasteiger partial charge in [-0.25, -0.2) is 15.0 Å². The summed E-state index contributed by atoms with van der Waals surface area (Å²) in [5.41, 5.74) is 1.56. The average molecular weight is 248 g/mol. The number of rotatable bonds is 5. The van der Waals surface area contributed by atoms with Crippen LogP contribution >= 0.6 is 0 Å². The van der Waals surface area contributed by atoms with Gasteiger partial charge in [0.15, 0.2) is 11.5 Å². The van der Waals surface area contributed by atoms with Crippen LogP contribution in [0, 0.1) is 5.92 Å². The Hall–Kier alpha value is -1.69. The molecule has 2 N–H and O–H groups in total. The summed E-state index contributed by atoms with van der Waals surface area (Å²) in [6.07, 6.45) is 3.18. The Bertz CT molecular complexity index is 504. The number of likely N-dealkylation sites (N-methyl/N-ethyl adjacent to an activating group) is 1. The number of aromatic amines is 1. The molecule has 0 aliphatic heterocycles. The maximum Gasteiger partial charge on any atom is 0.182 e. The SMILES string of the molecule is CC(C)C(CN(C)C)Nc1ncnc2nc[nH]c12. The Labute approximate surface area is 107 Å². The van der Waals surface area contributed by atoms with Crippen LogP contribution in [0.2, 0.25) is 0 Å². The third kappa shape index (κ3) is 2.76. The van der Waals surface area contributed by atoms with Gasteiger partial charge in [0.2, 0.25) is 0 Å². The predicted molar refractivity (Wildman–Crippen MR) is 72.5 cm³/mol. The zero-order valence-corrected chi connectivity index (χ0v) is 11.3. The van der Waals surface area contributed by atoms with E-state index in [9.17, 15) is 0 Å². The van der Waals surface area contributed by atoms with E-state index < -0.39 is 0 Å². The number of hydrogen-bond acceptors (Lipinski definition) is 5. The Morgan fingerprint density at radius 1 is 1.28 bits per heavy atom. The van der Waals surface area contributed by atoms with Crippen molar-refractivity contribution in [1.82, 2.24) is 24.8 Å². The molecule has 6 heteroatoms. The fourth-order valence-corrected chi connectivity index (χ4v) is 1.87. The van der Waals surface area contributed by atoms with E-state index in [1.165, 1.54) is 0 Å². The van der Waals surface area contributed by atoms with Crippen LogP contribution in [0.4, 0.5) is 5.82 Å². The molecule has 6 nitrogen and oxygen atoms in total. The predicted octanol–water partition coefficient (Wildman–Crippen LogP) is 1.35. The van der Waals surface area contributed by atoms with Crippen molar-refractivity contribution in [3.63, 3.8) is 0 Å². The first-order valence-electron chi connectivity index (χ1n) is 6.13. The van der Waals surface area contributed by atoms with Crippen molar-refractivity contribution >= 4 is 17.0 Å². The van der Waals surface area contributed by atoms with Gasteiger partial charge in [-0.05, 0) is 20.0 Å². The van der Waals surface area contributed by atoms with E-state index in [1.807, 2.05) is 0 Å². The lowest BCUT2D eigenvalue weighted by molar-refractivity contribution is 0.344. The molecule has 0 aromatic carbocycles. The van der Waals surface area contributed by atoms with Crippen LogP contribution in [-0.2, 0) is 0 Å². The Kier molecular flexibility index (Phi) is 3.76. The summed E-state index contributed by atoms with van der Waals surface area (Å²) in [4.78, 5) is 17.8. The normalized spacial score (nSPS) is 13.4. The number of nitrogens with zero attached hydrogens (tertiary/aromatic N) is 4. The second kappa shape index (κ2) is 5.30. The van der Waals surface area contributed by atoms with Gasteiger partial charge in [0.25, 0.3) is 0 Å². The molecule has 98 valence electrons. The standard InChI is InChI=1S/C12H20N6/c1-8(2)9(5-18(3)4)17-12-10-11(14-6-13-10)15-7-16-12/h6-9H,5H2,1-4H3,(H2,13,14,15,16,17). The third-order valence-electron chi connectivity index (χ3n) is 2.91. The molecule has 0 bridgehead atoms. The van der Waals surface area contributed by atoms with Crippen molar-refractivity contribution < 1.29 is 0 Å². The molecule has 0 saturated heterocycles. The maximum atomic E-state index is 4.30. The lowest BCUT2D eigenvalue weighted by atomic mass is 10.0. The van der Waals surface area contributed by atoms with E-state index in [-0.39, 0.29) is 0 Å². The summed E-state index contributed by atoms with van der Waals surface area (Å²) in [6, 6.07) is 0.335. The maximum absolute atomic E-state index is 4.30. The largest absolute Gasteiger partial charge is 0.364 e. The Morgan fingerprint density at radius 3 is 2.72 bits per heavy atom. The Morgan fingerprint density at radius 2 is 2.06 bits per heavy atom. The fourth-order valence-electron chi connectivity index (χ4n) is 1.87. The van der Waals surface area contributed by atoms with Crippen molar-refractivity contribution in [3.05, 3.63) is 12.7 Å². The first-order chi connectivity index (χ1) is 8.58. The van der Waals surface area contributed by atoms with Crippen molar-refractivity contribution in [3.8, 4) is 0 Å². The summed E-state index contributed by atoms with van der Waals surface area (Å²) >= 11 is 0. The molecular formula is C12H20N6. The quantitative estimate of drug-likeness (QED) is 0.836. The van der Waals surface area contributed by atoms with Gasteiger partial charge in [-0.1, -0.05) is 13.8 Å². The minimum absolute atomic E-state index is 0.335. The highest BCUT2D eigenvalue weighted by Gasteiger charge is 2.16. The number of H-pyrrole nitrogens is 1. The van der Waals surface area contributed by atoms with Gasteiger partial charge in [-0.15, -0.1) is 0 Å². The molecule has 18 heavy (non-hydrogen) atoms. The number of hydrogen-bond donors (Lipinski definition) is 2. The van der Waals surface area contributed by atoms with Crippen molar-refractivity contribution in [1.29, 1.82) is 0 Å². The summed E-state index contributed by atoms with van der Waals surface area (Å²) in [5.74, 6) is 1.33. The molecule has 2 heterocycles. The van der Waals surface area contributed by atoms with Crippen LogP contribution in [-0.4, -0.2) is 51.5 Å². The van der Waals surface area contributed by atoms with Crippen molar-refractivity contribution in [2.24, 2.45) is 5.92 Å². The van der Waals surface area contributed by atoms with Gasteiger partial charge in [0, 0.05) is 12.6 Å². The van der Waals surface area contributed by atoms with Gasteiger partial charge in [-0.2, -0.15) is 0 Å². The summed E-state index contributed by atoms with van der Waals surface area (Å²) in [6.45, 7) is 5.36. The first-order valence-corrected chi connectivity index (χ1v) is 6.13. The van der Waals surface area contributed by atoms with Gasteiger partial charge in [-0.3, -0.25) is 0 Å². The van der Waals surface area contributed by atoms with Gasteiger partial charge < -0.3 is 15.2 Å². The van der Waals surface area contributed by atoms with Crippen LogP contribution in [0.25, 0.3) is 11.2 Å². The monoisotopic (exact) mass is 248 g/mol. The topological polar surface area (TPSA) is 69.7 Å². The van der Waals surface area contributed by atoms with Gasteiger partial charge in [0.05, 0.1) is 6.33 Å². The van der Waals surface area contributed by atoms with Crippen LogP contribution in [0.15, 0.2) is 12.7 Å². The fraction of sp³-hybridized carbons (Fsp3) is 0.583. The highest BCUT2D eigenvalue weighted by atomic mass is 15.1. The Balaban J connectivity index is 2.22. The molecular weight excluding hydrogens is 228 g/mol. The highest BCUT2D eigenvalue weighted by Crippen LogP contribution is 2.17. The molecule has 0 radical (unpaired) electrons. The smallest absolute Gasteiger partial charge is 0.182 e. The number of aromatic nitrogens is 4. The lowest BCUT2D eigenvalue weighted by Gasteiger charge is -2.26. The number of imidazole rings is 1. The van der Waals surface area contributed by atoms with E-state index in [4.69, 9.17) is 0 Å². The van der Waals surface area contributed by atoms with Crippen LogP contribution in [0.5, 0.6) is 0 Å². The molecule has 0 spiro atoms. The highest BCUT2D eigenvalue weighted by molar-refractivity contribution is 5.82. The van der Waals surface area contributed by atoms with E-state index >= 15 is 0 Å². The number of nitrogens with one attached hydrogen (secondary N) is 2. The number of anilines is 1. The number of fused-ring (bicyclic) bond motifs is 1. The molecule has 0 aliphatic rings. The molecule has 0 aliphatic carbocycles. The van der Waals surface area contributed by atoms with E-state index in [0.717, 1.165) is 17.9 Å². The molecule has 0 fully saturated rings.